The van der Waals surface area contributed by atoms with Crippen LogP contribution in [0.2, 0.25) is 0 Å². The van der Waals surface area contributed by atoms with Crippen LogP contribution in [0.25, 0.3) is 0 Å². The van der Waals surface area contributed by atoms with Gasteiger partial charge in [-0.3, -0.25) is 0 Å². The summed E-state index contributed by atoms with van der Waals surface area (Å²) in [5, 5.41) is 3.35. The molecule has 3 rings (SSSR count). The van der Waals surface area contributed by atoms with E-state index >= 15 is 0 Å². The van der Waals surface area contributed by atoms with Gasteiger partial charge in [0.1, 0.15) is 10.6 Å². The number of allylic oxidation sites excluding steroid dienone is 1. The molecule has 174 valence electrons. The summed E-state index contributed by atoms with van der Waals surface area (Å²) in [6.45, 7) is 8.42. The third-order valence-electron chi connectivity index (χ3n) is 4.95. The Morgan fingerprint density at radius 3 is 2.33 bits per heavy atom. The summed E-state index contributed by atoms with van der Waals surface area (Å²) in [5.41, 5.74) is 3.50. The monoisotopic (exact) mass is 467 g/mol. The van der Waals surface area contributed by atoms with Gasteiger partial charge in [0.25, 0.3) is 0 Å². The number of hydrogen-bond donors (Lipinski definition) is 1. The van der Waals surface area contributed by atoms with Crippen LogP contribution in [0.1, 0.15) is 23.6 Å². The second-order valence-corrected chi connectivity index (χ2v) is 8.99. The fraction of sp³-hybridized carbons (Fsp3) is 0.231. The van der Waals surface area contributed by atoms with Crippen molar-refractivity contribution in [2.75, 3.05) is 19.0 Å². The van der Waals surface area contributed by atoms with Crippen LogP contribution in [0.5, 0.6) is 17.2 Å². The summed E-state index contributed by atoms with van der Waals surface area (Å²) in [6.07, 6.45) is 2.13. The maximum absolute atomic E-state index is 12.9. The van der Waals surface area contributed by atoms with E-state index in [1.807, 2.05) is 44.2 Å². The van der Waals surface area contributed by atoms with Gasteiger partial charge in [-0.1, -0.05) is 23.8 Å². The lowest BCUT2D eigenvalue weighted by Crippen LogP contribution is -2.13. The lowest BCUT2D eigenvalue weighted by atomic mass is 10.1. The Kier molecular flexibility index (Phi) is 8.01. The summed E-state index contributed by atoms with van der Waals surface area (Å²) in [6, 6.07) is 17.9. The zero-order valence-electron chi connectivity index (χ0n) is 19.1. The highest BCUT2D eigenvalue weighted by atomic mass is 32.2. The highest BCUT2D eigenvalue weighted by molar-refractivity contribution is 7.87. The first kappa shape index (κ1) is 24.2. The van der Waals surface area contributed by atoms with Crippen LogP contribution < -0.4 is 19.0 Å². The number of hydrogen-bond acceptors (Lipinski definition) is 6. The van der Waals surface area contributed by atoms with Crippen molar-refractivity contribution in [1.29, 1.82) is 0 Å². The predicted molar refractivity (Wildman–Crippen MR) is 131 cm³/mol. The lowest BCUT2D eigenvalue weighted by molar-refractivity contribution is 0.326. The Morgan fingerprint density at radius 2 is 1.73 bits per heavy atom. The van der Waals surface area contributed by atoms with Crippen molar-refractivity contribution in [2.45, 2.75) is 31.7 Å². The molecule has 0 heterocycles. The van der Waals surface area contributed by atoms with E-state index in [-0.39, 0.29) is 10.6 Å². The van der Waals surface area contributed by atoms with Crippen LogP contribution in [0.3, 0.4) is 0 Å². The van der Waals surface area contributed by atoms with Gasteiger partial charge in [-0.2, -0.15) is 8.42 Å². The van der Waals surface area contributed by atoms with Gasteiger partial charge in [-0.15, -0.1) is 6.58 Å². The molecule has 3 aromatic rings. The topological polar surface area (TPSA) is 73.9 Å². The third-order valence-corrected chi connectivity index (χ3v) is 6.18. The second kappa shape index (κ2) is 10.9. The summed E-state index contributed by atoms with van der Waals surface area (Å²) in [4.78, 5) is 0.0883. The molecule has 0 aliphatic rings. The molecular weight excluding hydrogens is 438 g/mol. The second-order valence-electron chi connectivity index (χ2n) is 7.44. The van der Waals surface area contributed by atoms with Gasteiger partial charge in [-0.05, 0) is 74.4 Å². The molecule has 0 radical (unpaired) electrons. The van der Waals surface area contributed by atoms with E-state index in [0.29, 0.717) is 30.9 Å². The standard InChI is InChI=1S/C26H29NO5S/c1-5-7-21-16-20(18-27-22-10-12-23(30-4)13-11-22)17-25(31-6-2)26(21)32-33(28,29)24-14-8-19(3)9-15-24/h5,8-17,27H,1,6-7,18H2,2-4H3. The van der Waals surface area contributed by atoms with E-state index in [0.717, 1.165) is 22.6 Å². The molecule has 33 heavy (non-hydrogen) atoms. The quantitative estimate of drug-likeness (QED) is 0.296. The Labute approximate surface area is 196 Å². The van der Waals surface area contributed by atoms with E-state index in [2.05, 4.69) is 11.9 Å². The van der Waals surface area contributed by atoms with E-state index in [4.69, 9.17) is 13.7 Å². The van der Waals surface area contributed by atoms with Crippen molar-refractivity contribution in [1.82, 2.24) is 0 Å². The van der Waals surface area contributed by atoms with Crippen LogP contribution in [-0.4, -0.2) is 22.1 Å². The van der Waals surface area contributed by atoms with Crippen molar-refractivity contribution < 1.29 is 22.1 Å². The van der Waals surface area contributed by atoms with Crippen molar-refractivity contribution >= 4 is 15.8 Å². The van der Waals surface area contributed by atoms with E-state index in [1.165, 1.54) is 12.1 Å². The molecule has 0 atom stereocenters. The molecule has 7 heteroatoms. The van der Waals surface area contributed by atoms with Crippen LogP contribution in [0.15, 0.2) is 78.2 Å². The highest BCUT2D eigenvalue weighted by Crippen LogP contribution is 2.36. The minimum Gasteiger partial charge on any atom is -0.497 e. The molecule has 0 saturated heterocycles. The Bertz CT molecular complexity index is 1190. The number of aryl methyl sites for hydroxylation is 1. The summed E-state index contributed by atoms with van der Waals surface area (Å²) in [5.74, 6) is 1.34. The Balaban J connectivity index is 1.91. The smallest absolute Gasteiger partial charge is 0.339 e. The summed E-state index contributed by atoms with van der Waals surface area (Å²) < 4.78 is 42.5. The highest BCUT2D eigenvalue weighted by Gasteiger charge is 2.22. The number of ether oxygens (including phenoxy) is 2. The maximum Gasteiger partial charge on any atom is 0.339 e. The van der Waals surface area contributed by atoms with Gasteiger partial charge in [-0.25, -0.2) is 0 Å². The molecule has 0 saturated carbocycles. The van der Waals surface area contributed by atoms with Crippen LogP contribution in [-0.2, 0) is 23.1 Å². The van der Waals surface area contributed by atoms with Crippen molar-refractivity contribution in [3.63, 3.8) is 0 Å². The predicted octanol–water partition coefficient (Wildman–Crippen LogP) is 5.51. The fourth-order valence-corrected chi connectivity index (χ4v) is 4.24. The largest absolute Gasteiger partial charge is 0.497 e. The van der Waals surface area contributed by atoms with Crippen molar-refractivity contribution in [2.24, 2.45) is 0 Å². The van der Waals surface area contributed by atoms with Gasteiger partial charge in [0.05, 0.1) is 13.7 Å². The van der Waals surface area contributed by atoms with E-state index in [1.54, 1.807) is 31.4 Å². The number of methoxy groups -OCH3 is 1. The fourth-order valence-electron chi connectivity index (χ4n) is 3.27. The molecule has 0 aliphatic carbocycles. The SMILES string of the molecule is C=CCc1cc(CNc2ccc(OC)cc2)cc(OCC)c1OS(=O)(=O)c1ccc(C)cc1. The molecule has 1 N–H and O–H groups in total. The lowest BCUT2D eigenvalue weighted by Gasteiger charge is -2.18. The zero-order chi connectivity index (χ0) is 23.8. The van der Waals surface area contributed by atoms with Crippen LogP contribution in [0, 0.1) is 6.92 Å². The first-order valence-corrected chi connectivity index (χ1v) is 12.1. The number of nitrogens with one attached hydrogen (secondary N) is 1. The molecule has 0 amide bonds. The number of rotatable bonds is 11. The van der Waals surface area contributed by atoms with E-state index < -0.39 is 10.1 Å². The molecule has 0 aliphatic heterocycles. The molecule has 3 aromatic carbocycles. The Morgan fingerprint density at radius 1 is 1.03 bits per heavy atom. The van der Waals surface area contributed by atoms with Gasteiger partial charge in [0.2, 0.25) is 0 Å². The van der Waals surface area contributed by atoms with Gasteiger partial charge < -0.3 is 19.0 Å². The normalized spacial score (nSPS) is 11.0. The van der Waals surface area contributed by atoms with E-state index in [9.17, 15) is 8.42 Å². The molecule has 0 spiro atoms. The Hall–Kier alpha value is -3.45. The average Bonchev–Trinajstić information content (AvgIpc) is 2.80. The molecule has 0 bridgehead atoms. The molecule has 6 nitrogen and oxygen atoms in total. The van der Waals surface area contributed by atoms with Crippen molar-refractivity contribution in [3.8, 4) is 17.2 Å². The van der Waals surface area contributed by atoms with Crippen LogP contribution >= 0.6 is 0 Å². The zero-order valence-corrected chi connectivity index (χ0v) is 19.9. The molecule has 0 aromatic heterocycles. The minimum absolute atomic E-state index is 0.0883. The first-order valence-electron chi connectivity index (χ1n) is 10.6. The average molecular weight is 468 g/mol. The van der Waals surface area contributed by atoms with Gasteiger partial charge in [0.15, 0.2) is 11.5 Å². The van der Waals surface area contributed by atoms with Gasteiger partial charge in [0, 0.05) is 17.8 Å². The molecule has 0 unspecified atom stereocenters. The third kappa shape index (κ3) is 6.29. The molecule has 0 fully saturated rings. The van der Waals surface area contributed by atoms with Crippen molar-refractivity contribution in [3.05, 3.63) is 90.0 Å². The number of anilines is 1. The summed E-state index contributed by atoms with van der Waals surface area (Å²) >= 11 is 0. The summed E-state index contributed by atoms with van der Waals surface area (Å²) in [7, 11) is -2.40. The maximum atomic E-state index is 12.9. The number of benzene rings is 3. The van der Waals surface area contributed by atoms with Gasteiger partial charge >= 0.3 is 10.1 Å². The minimum atomic E-state index is -4.03. The first-order chi connectivity index (χ1) is 15.9. The van der Waals surface area contributed by atoms with Crippen LogP contribution in [0.4, 0.5) is 5.69 Å². The molecular formula is C26H29NO5S.